The van der Waals surface area contributed by atoms with Crippen LogP contribution in [0.3, 0.4) is 0 Å². The second-order valence-corrected chi connectivity index (χ2v) is 32.3. The van der Waals surface area contributed by atoms with Gasteiger partial charge in [0.05, 0.1) is 26.4 Å². The molecule has 0 aromatic carbocycles. The number of esters is 4. The van der Waals surface area contributed by atoms with Gasteiger partial charge in [-0.2, -0.15) is 0 Å². The van der Waals surface area contributed by atoms with E-state index in [2.05, 4.69) is 41.5 Å². The maximum Gasteiger partial charge on any atom is 0.472 e. The molecule has 0 aliphatic heterocycles. The number of phosphoric acid groups is 2. The minimum atomic E-state index is -4.96. The Morgan fingerprint density at radius 1 is 0.276 bits per heavy atom. The number of hydrogen-bond donors (Lipinski definition) is 3. The molecule has 0 fully saturated rings. The fourth-order valence-corrected chi connectivity index (χ4v) is 13.8. The van der Waals surface area contributed by atoms with Gasteiger partial charge in [-0.05, 0) is 37.5 Å². The number of aliphatic hydroxyl groups excluding tert-OH is 1. The van der Waals surface area contributed by atoms with E-state index in [9.17, 15) is 43.2 Å². The highest BCUT2D eigenvalue weighted by atomic mass is 31.2. The molecule has 2 unspecified atom stereocenters. The van der Waals surface area contributed by atoms with Crippen molar-refractivity contribution in [3.05, 3.63) is 0 Å². The van der Waals surface area contributed by atoms with E-state index in [0.29, 0.717) is 25.7 Å². The molecule has 5 atom stereocenters. The number of aliphatic hydroxyl groups is 1. The summed E-state index contributed by atoms with van der Waals surface area (Å²) in [5.74, 6) is -0.554. The molecule has 0 saturated carbocycles. The van der Waals surface area contributed by atoms with Crippen LogP contribution in [0.25, 0.3) is 0 Å². The minimum absolute atomic E-state index is 0.107. The average Bonchev–Trinajstić information content (AvgIpc) is 1.08. The zero-order chi connectivity index (χ0) is 72.1. The van der Waals surface area contributed by atoms with Crippen molar-refractivity contribution in [1.29, 1.82) is 0 Å². The summed E-state index contributed by atoms with van der Waals surface area (Å²) in [4.78, 5) is 72.9. The average molecular weight is 1440 g/mol. The lowest BCUT2D eigenvalue weighted by Gasteiger charge is -2.21. The van der Waals surface area contributed by atoms with E-state index >= 15 is 0 Å². The third-order valence-electron chi connectivity index (χ3n) is 18.5. The van der Waals surface area contributed by atoms with Gasteiger partial charge in [-0.3, -0.25) is 37.3 Å². The minimum Gasteiger partial charge on any atom is -0.462 e. The molecular formula is C79H154O17P2. The predicted molar refractivity (Wildman–Crippen MR) is 400 cm³/mol. The molecule has 3 N–H and O–H groups in total. The third-order valence-corrected chi connectivity index (χ3v) is 20.4. The SMILES string of the molecule is CCCCCCCCCCCCCCCCCCCCC(=O)O[C@H](COC(=O)CCCCCCCCCCCCCCCC(C)C)COP(=O)(O)OC[C@@H](O)COP(=O)(O)OC[C@@H](COC(=O)CCCCCCCCCCCC)OC(=O)CCCCCCCCCCCCCC(C)C. The van der Waals surface area contributed by atoms with Gasteiger partial charge in [0.25, 0.3) is 0 Å². The summed E-state index contributed by atoms with van der Waals surface area (Å²) < 4.78 is 68.6. The van der Waals surface area contributed by atoms with Gasteiger partial charge in [0.2, 0.25) is 0 Å². The van der Waals surface area contributed by atoms with Crippen molar-refractivity contribution in [2.75, 3.05) is 39.6 Å². The molecule has 0 aliphatic carbocycles. The number of ether oxygens (including phenoxy) is 4. The molecule has 98 heavy (non-hydrogen) atoms. The smallest absolute Gasteiger partial charge is 0.462 e. The van der Waals surface area contributed by atoms with Gasteiger partial charge in [0.15, 0.2) is 12.2 Å². The molecule has 0 spiro atoms. The first-order chi connectivity index (χ1) is 47.4. The van der Waals surface area contributed by atoms with Gasteiger partial charge in [0.1, 0.15) is 19.3 Å². The molecule has 0 aromatic heterocycles. The van der Waals surface area contributed by atoms with Crippen LogP contribution in [0.15, 0.2) is 0 Å². The predicted octanol–water partition coefficient (Wildman–Crippen LogP) is 23.5. The number of phosphoric ester groups is 2. The normalized spacial score (nSPS) is 13.9. The summed E-state index contributed by atoms with van der Waals surface area (Å²) in [5.41, 5.74) is 0. The summed E-state index contributed by atoms with van der Waals surface area (Å²) >= 11 is 0. The lowest BCUT2D eigenvalue weighted by Crippen LogP contribution is -2.30. The highest BCUT2D eigenvalue weighted by Crippen LogP contribution is 2.45. The number of unbranched alkanes of at least 4 members (excludes halogenated alkanes) is 48. The fourth-order valence-electron chi connectivity index (χ4n) is 12.2. The van der Waals surface area contributed by atoms with E-state index in [1.165, 1.54) is 231 Å². The van der Waals surface area contributed by atoms with E-state index in [1.807, 2.05) is 0 Å². The van der Waals surface area contributed by atoms with Crippen LogP contribution in [0.4, 0.5) is 0 Å². The van der Waals surface area contributed by atoms with Crippen LogP contribution in [0, 0.1) is 11.8 Å². The third kappa shape index (κ3) is 72.4. The quantitative estimate of drug-likeness (QED) is 0.0222. The van der Waals surface area contributed by atoms with Crippen LogP contribution in [-0.2, 0) is 65.4 Å². The summed E-state index contributed by atoms with van der Waals surface area (Å²) in [6.45, 7) is 9.64. The maximum atomic E-state index is 13.1. The molecule has 19 heteroatoms. The van der Waals surface area contributed by atoms with E-state index in [0.717, 1.165) is 102 Å². The summed E-state index contributed by atoms with van der Waals surface area (Å²) in [6, 6.07) is 0. The molecule has 0 aromatic rings. The number of hydrogen-bond acceptors (Lipinski definition) is 15. The van der Waals surface area contributed by atoms with Crippen LogP contribution in [-0.4, -0.2) is 96.7 Å². The number of carbonyl (C=O) groups is 4. The molecule has 0 radical (unpaired) electrons. The highest BCUT2D eigenvalue weighted by molar-refractivity contribution is 7.47. The Morgan fingerprint density at radius 2 is 0.469 bits per heavy atom. The first-order valence-corrected chi connectivity index (χ1v) is 44.0. The zero-order valence-corrected chi connectivity index (χ0v) is 65.9. The van der Waals surface area contributed by atoms with Crippen molar-refractivity contribution in [3.63, 3.8) is 0 Å². The Kier molecular flexibility index (Phi) is 69.3. The first-order valence-electron chi connectivity index (χ1n) is 41.0. The van der Waals surface area contributed by atoms with Crippen molar-refractivity contribution < 1.29 is 80.2 Å². The molecule has 0 heterocycles. The van der Waals surface area contributed by atoms with Gasteiger partial charge >= 0.3 is 39.5 Å². The topological polar surface area (TPSA) is 237 Å². The van der Waals surface area contributed by atoms with Crippen molar-refractivity contribution in [3.8, 4) is 0 Å². The van der Waals surface area contributed by atoms with Crippen molar-refractivity contribution >= 4 is 39.5 Å². The Hall–Kier alpha value is -1.94. The van der Waals surface area contributed by atoms with Crippen LogP contribution in [0.2, 0.25) is 0 Å². The van der Waals surface area contributed by atoms with Gasteiger partial charge in [-0.1, -0.05) is 363 Å². The maximum absolute atomic E-state index is 13.1. The van der Waals surface area contributed by atoms with Gasteiger partial charge in [-0.15, -0.1) is 0 Å². The molecule has 0 rings (SSSR count). The summed E-state index contributed by atoms with van der Waals surface area (Å²) in [6.07, 6.45) is 59.6. The zero-order valence-electron chi connectivity index (χ0n) is 64.1. The van der Waals surface area contributed by atoms with E-state index in [-0.39, 0.29) is 25.7 Å². The standard InChI is InChI=1S/C79H154O17P2/c1-7-9-11-13-15-17-19-20-21-22-23-24-27-33-39-45-51-57-63-78(83)95-75(68-90-77(82)62-56-50-44-38-32-28-25-26-30-35-41-47-53-59-71(3)4)70-94-98(87,88)92-66-73(80)65-91-97(85,86)93-69-74(67-89-76(81)61-55-49-43-37-18-16-14-12-10-8-2)96-79(84)64-58-52-46-40-34-29-31-36-42-48-54-60-72(5)6/h71-75,80H,7-70H2,1-6H3,(H,85,86)(H,87,88)/t73-,74+,75+/m0/s1. The molecule has 0 amide bonds. The molecule has 0 aliphatic rings. The lowest BCUT2D eigenvalue weighted by molar-refractivity contribution is -0.161. The molecule has 0 saturated heterocycles. The summed E-state index contributed by atoms with van der Waals surface area (Å²) in [7, 11) is -9.92. The van der Waals surface area contributed by atoms with Crippen LogP contribution in [0.1, 0.15) is 414 Å². The summed E-state index contributed by atoms with van der Waals surface area (Å²) in [5, 5.41) is 10.6. The first kappa shape index (κ1) is 96.1. The van der Waals surface area contributed by atoms with E-state index in [4.69, 9.17) is 37.0 Å². The highest BCUT2D eigenvalue weighted by Gasteiger charge is 2.30. The van der Waals surface area contributed by atoms with Gasteiger partial charge < -0.3 is 33.8 Å². The largest absolute Gasteiger partial charge is 0.472 e. The Labute approximate surface area is 600 Å². The van der Waals surface area contributed by atoms with Crippen LogP contribution < -0.4 is 0 Å². The van der Waals surface area contributed by atoms with Crippen LogP contribution >= 0.6 is 15.6 Å². The Bertz CT molecular complexity index is 1890. The second-order valence-electron chi connectivity index (χ2n) is 29.4. The van der Waals surface area contributed by atoms with E-state index in [1.54, 1.807) is 0 Å². The van der Waals surface area contributed by atoms with Crippen LogP contribution in [0.5, 0.6) is 0 Å². The van der Waals surface area contributed by atoms with Gasteiger partial charge in [0, 0.05) is 25.7 Å². The fraction of sp³-hybridized carbons (Fsp3) is 0.949. The Morgan fingerprint density at radius 3 is 0.694 bits per heavy atom. The molecule has 582 valence electrons. The lowest BCUT2D eigenvalue weighted by atomic mass is 10.0. The second kappa shape index (κ2) is 70.7. The van der Waals surface area contributed by atoms with E-state index < -0.39 is 97.5 Å². The van der Waals surface area contributed by atoms with Gasteiger partial charge in [-0.25, -0.2) is 9.13 Å². The van der Waals surface area contributed by atoms with Crippen molar-refractivity contribution in [1.82, 2.24) is 0 Å². The van der Waals surface area contributed by atoms with Crippen molar-refractivity contribution in [2.24, 2.45) is 11.8 Å². The molecule has 0 bridgehead atoms. The number of carbonyl (C=O) groups excluding carboxylic acids is 4. The Balaban J connectivity index is 5.24. The number of rotatable bonds is 78. The molecular weight excluding hydrogens is 1280 g/mol. The molecule has 17 nitrogen and oxygen atoms in total. The van der Waals surface area contributed by atoms with Crippen molar-refractivity contribution in [2.45, 2.75) is 432 Å². The monoisotopic (exact) mass is 1440 g/mol.